The number of ether oxygens (including phenoxy) is 1. The lowest BCUT2D eigenvalue weighted by molar-refractivity contribution is -0.117. The van der Waals surface area contributed by atoms with E-state index in [1.807, 2.05) is 0 Å². The van der Waals surface area contributed by atoms with Crippen LogP contribution in [0.2, 0.25) is 0 Å². The van der Waals surface area contributed by atoms with Crippen LogP contribution < -0.4 is 11.1 Å². The summed E-state index contributed by atoms with van der Waals surface area (Å²) in [6, 6.07) is 3.25. The molecule has 0 aliphatic carbocycles. The Hall–Kier alpha value is -2.11. The molecule has 1 amide bonds. The number of amides is 1. The lowest BCUT2D eigenvalue weighted by Gasteiger charge is -2.05. The molecule has 1 heterocycles. The van der Waals surface area contributed by atoms with Crippen LogP contribution in [0, 0.1) is 0 Å². The Morgan fingerprint density at radius 1 is 1.47 bits per heavy atom. The Labute approximate surface area is 99.2 Å². The third-order valence-electron chi connectivity index (χ3n) is 1.95. The molecule has 0 aliphatic rings. The Morgan fingerprint density at radius 3 is 2.76 bits per heavy atom. The average molecular weight is 237 g/mol. The quantitative estimate of drug-likeness (QED) is 0.704. The molecular formula is C11H15N3O3. The molecule has 0 bridgehead atoms. The number of rotatable bonds is 6. The SMILES string of the molecule is CCOC(=O)c1ccc(NCCC(N)=O)nc1. The van der Waals surface area contributed by atoms with Gasteiger partial charge in [0, 0.05) is 19.2 Å². The summed E-state index contributed by atoms with van der Waals surface area (Å²) in [6.45, 7) is 2.49. The van der Waals surface area contributed by atoms with E-state index in [2.05, 4.69) is 10.3 Å². The van der Waals surface area contributed by atoms with Gasteiger partial charge in [-0.2, -0.15) is 0 Å². The van der Waals surface area contributed by atoms with Gasteiger partial charge in [0.15, 0.2) is 0 Å². The first-order valence-electron chi connectivity index (χ1n) is 5.29. The van der Waals surface area contributed by atoms with Crippen molar-refractivity contribution in [3.05, 3.63) is 23.9 Å². The first kappa shape index (κ1) is 13.0. The van der Waals surface area contributed by atoms with E-state index in [1.165, 1.54) is 6.20 Å². The van der Waals surface area contributed by atoms with E-state index in [1.54, 1.807) is 19.1 Å². The molecule has 0 unspecified atom stereocenters. The highest BCUT2D eigenvalue weighted by atomic mass is 16.5. The van der Waals surface area contributed by atoms with Crippen LogP contribution in [-0.4, -0.2) is 30.0 Å². The molecule has 6 heteroatoms. The van der Waals surface area contributed by atoms with Gasteiger partial charge in [0.2, 0.25) is 5.91 Å². The van der Waals surface area contributed by atoms with Crippen molar-refractivity contribution in [1.82, 2.24) is 4.98 Å². The van der Waals surface area contributed by atoms with Gasteiger partial charge in [-0.15, -0.1) is 0 Å². The fourth-order valence-electron chi connectivity index (χ4n) is 1.15. The van der Waals surface area contributed by atoms with Crippen molar-refractivity contribution in [1.29, 1.82) is 0 Å². The Bertz CT molecular complexity index is 389. The zero-order chi connectivity index (χ0) is 12.7. The monoisotopic (exact) mass is 237 g/mol. The van der Waals surface area contributed by atoms with E-state index >= 15 is 0 Å². The number of primary amides is 1. The van der Waals surface area contributed by atoms with Crippen molar-refractivity contribution in [3.63, 3.8) is 0 Å². The molecule has 0 saturated heterocycles. The number of nitrogens with two attached hydrogens (primary N) is 1. The summed E-state index contributed by atoms with van der Waals surface area (Å²) < 4.78 is 4.82. The molecule has 3 N–H and O–H groups in total. The molecule has 0 spiro atoms. The molecule has 92 valence electrons. The third-order valence-corrected chi connectivity index (χ3v) is 1.95. The van der Waals surface area contributed by atoms with Crippen molar-refractivity contribution in [2.45, 2.75) is 13.3 Å². The Kier molecular flexibility index (Phi) is 4.93. The predicted octanol–water partition coefficient (Wildman–Crippen LogP) is 0.546. The number of nitrogens with one attached hydrogen (secondary N) is 1. The molecule has 0 aliphatic heterocycles. The smallest absolute Gasteiger partial charge is 0.339 e. The maximum absolute atomic E-state index is 11.3. The van der Waals surface area contributed by atoms with Crippen molar-refractivity contribution >= 4 is 17.7 Å². The average Bonchev–Trinajstić information content (AvgIpc) is 2.30. The van der Waals surface area contributed by atoms with Gasteiger partial charge in [-0.05, 0) is 19.1 Å². The minimum absolute atomic E-state index is 0.237. The second kappa shape index (κ2) is 6.47. The van der Waals surface area contributed by atoms with Gasteiger partial charge in [0.1, 0.15) is 5.82 Å². The summed E-state index contributed by atoms with van der Waals surface area (Å²) in [5.41, 5.74) is 5.39. The van der Waals surface area contributed by atoms with Crippen molar-refractivity contribution in [3.8, 4) is 0 Å². The van der Waals surface area contributed by atoms with Gasteiger partial charge in [-0.3, -0.25) is 4.79 Å². The number of carbonyl (C=O) groups excluding carboxylic acids is 2. The molecule has 0 saturated carbocycles. The van der Waals surface area contributed by atoms with E-state index < -0.39 is 5.97 Å². The van der Waals surface area contributed by atoms with Crippen LogP contribution in [-0.2, 0) is 9.53 Å². The van der Waals surface area contributed by atoms with E-state index in [4.69, 9.17) is 10.5 Å². The summed E-state index contributed by atoms with van der Waals surface area (Å²) in [7, 11) is 0. The topological polar surface area (TPSA) is 94.3 Å². The second-order valence-electron chi connectivity index (χ2n) is 3.30. The molecule has 1 rings (SSSR count). The van der Waals surface area contributed by atoms with Crippen molar-refractivity contribution < 1.29 is 14.3 Å². The van der Waals surface area contributed by atoms with Crippen LogP contribution in [0.15, 0.2) is 18.3 Å². The molecule has 6 nitrogen and oxygen atoms in total. The first-order chi connectivity index (χ1) is 8.13. The van der Waals surface area contributed by atoms with Gasteiger partial charge < -0.3 is 15.8 Å². The van der Waals surface area contributed by atoms with Gasteiger partial charge in [-0.25, -0.2) is 9.78 Å². The maximum atomic E-state index is 11.3. The molecular weight excluding hydrogens is 222 g/mol. The van der Waals surface area contributed by atoms with Crippen molar-refractivity contribution in [2.75, 3.05) is 18.5 Å². The number of esters is 1. The summed E-state index contributed by atoms with van der Waals surface area (Å²) in [6.07, 6.45) is 1.66. The second-order valence-corrected chi connectivity index (χ2v) is 3.30. The van der Waals surface area contributed by atoms with Crippen LogP contribution in [0.5, 0.6) is 0 Å². The molecule has 0 fully saturated rings. The standard InChI is InChI=1S/C11H15N3O3/c1-2-17-11(16)8-3-4-10(14-7-8)13-6-5-9(12)15/h3-4,7H,2,5-6H2,1H3,(H2,12,15)(H,13,14). The highest BCUT2D eigenvalue weighted by Gasteiger charge is 2.06. The van der Waals surface area contributed by atoms with E-state index in [0.717, 1.165) is 0 Å². The van der Waals surface area contributed by atoms with E-state index in [-0.39, 0.29) is 12.3 Å². The number of hydrogen-bond acceptors (Lipinski definition) is 5. The van der Waals surface area contributed by atoms with Crippen LogP contribution in [0.3, 0.4) is 0 Å². The Balaban J connectivity index is 2.50. The van der Waals surface area contributed by atoms with E-state index in [0.29, 0.717) is 24.5 Å². The number of carbonyl (C=O) groups is 2. The number of nitrogens with zero attached hydrogens (tertiary/aromatic N) is 1. The summed E-state index contributed by atoms with van der Waals surface area (Å²) in [4.78, 5) is 25.8. The minimum atomic E-state index is -0.399. The van der Waals surface area contributed by atoms with E-state index in [9.17, 15) is 9.59 Å². The highest BCUT2D eigenvalue weighted by Crippen LogP contribution is 2.06. The summed E-state index contributed by atoms with van der Waals surface area (Å²) in [5.74, 6) is -0.191. The lowest BCUT2D eigenvalue weighted by Crippen LogP contribution is -2.16. The molecule has 0 atom stereocenters. The summed E-state index contributed by atoms with van der Waals surface area (Å²) in [5, 5.41) is 2.91. The largest absolute Gasteiger partial charge is 0.462 e. The predicted molar refractivity (Wildman–Crippen MR) is 62.5 cm³/mol. The molecule has 1 aromatic rings. The minimum Gasteiger partial charge on any atom is -0.462 e. The van der Waals surface area contributed by atoms with Crippen LogP contribution in [0.25, 0.3) is 0 Å². The zero-order valence-corrected chi connectivity index (χ0v) is 9.60. The fraction of sp³-hybridized carbons (Fsp3) is 0.364. The number of aromatic nitrogens is 1. The van der Waals surface area contributed by atoms with Gasteiger partial charge in [0.05, 0.1) is 12.2 Å². The molecule has 0 aromatic carbocycles. The maximum Gasteiger partial charge on any atom is 0.339 e. The van der Waals surface area contributed by atoms with Crippen LogP contribution in [0.4, 0.5) is 5.82 Å². The van der Waals surface area contributed by atoms with Crippen LogP contribution in [0.1, 0.15) is 23.7 Å². The Morgan fingerprint density at radius 2 is 2.24 bits per heavy atom. The first-order valence-corrected chi connectivity index (χ1v) is 5.29. The number of anilines is 1. The summed E-state index contributed by atoms with van der Waals surface area (Å²) >= 11 is 0. The molecule has 1 aromatic heterocycles. The van der Waals surface area contributed by atoms with Crippen molar-refractivity contribution in [2.24, 2.45) is 5.73 Å². The zero-order valence-electron chi connectivity index (χ0n) is 9.60. The molecule has 0 radical (unpaired) electrons. The normalized spacial score (nSPS) is 9.71. The fourth-order valence-corrected chi connectivity index (χ4v) is 1.15. The lowest BCUT2D eigenvalue weighted by atomic mass is 10.3. The number of hydrogen-bond donors (Lipinski definition) is 2. The highest BCUT2D eigenvalue weighted by molar-refractivity contribution is 5.89. The third kappa shape index (κ3) is 4.50. The van der Waals surface area contributed by atoms with Crippen LogP contribution >= 0.6 is 0 Å². The van der Waals surface area contributed by atoms with Gasteiger partial charge >= 0.3 is 5.97 Å². The van der Waals surface area contributed by atoms with Gasteiger partial charge in [-0.1, -0.05) is 0 Å². The van der Waals surface area contributed by atoms with Gasteiger partial charge in [0.25, 0.3) is 0 Å². The molecule has 17 heavy (non-hydrogen) atoms. The number of pyridine rings is 1.